The summed E-state index contributed by atoms with van der Waals surface area (Å²) in [6.07, 6.45) is 4.27. The molecule has 2 aliphatic heterocycles. The van der Waals surface area contributed by atoms with E-state index < -0.39 is 6.04 Å². The number of hydrogen-bond donors (Lipinski definition) is 1. The SMILES string of the molecule is CCC[C@@H]1NC(=O)[C@@H]2[C@@H](C)OC=CN2C1=O. The fourth-order valence-corrected chi connectivity index (χ4v) is 2.15. The fourth-order valence-electron chi connectivity index (χ4n) is 2.15. The van der Waals surface area contributed by atoms with Crippen LogP contribution < -0.4 is 5.32 Å². The summed E-state index contributed by atoms with van der Waals surface area (Å²) in [7, 11) is 0. The number of hydrogen-bond acceptors (Lipinski definition) is 3. The molecular formula is C11H16N2O3. The minimum atomic E-state index is -0.523. The van der Waals surface area contributed by atoms with E-state index in [-0.39, 0.29) is 24.0 Å². The van der Waals surface area contributed by atoms with E-state index in [1.807, 2.05) is 6.92 Å². The molecule has 88 valence electrons. The number of ether oxygens (including phenoxy) is 1. The highest BCUT2D eigenvalue weighted by Crippen LogP contribution is 2.21. The molecule has 2 heterocycles. The smallest absolute Gasteiger partial charge is 0.250 e. The van der Waals surface area contributed by atoms with E-state index in [0.29, 0.717) is 6.42 Å². The van der Waals surface area contributed by atoms with Crippen LogP contribution in [0.2, 0.25) is 0 Å². The van der Waals surface area contributed by atoms with Crippen molar-refractivity contribution in [1.29, 1.82) is 0 Å². The Kier molecular flexibility index (Phi) is 2.85. The third-order valence-corrected chi connectivity index (χ3v) is 2.97. The van der Waals surface area contributed by atoms with E-state index in [1.165, 1.54) is 11.2 Å². The van der Waals surface area contributed by atoms with Gasteiger partial charge in [0.15, 0.2) is 6.04 Å². The van der Waals surface area contributed by atoms with Gasteiger partial charge in [-0.3, -0.25) is 14.5 Å². The third-order valence-electron chi connectivity index (χ3n) is 2.97. The maximum Gasteiger partial charge on any atom is 0.250 e. The second-order valence-corrected chi connectivity index (χ2v) is 4.17. The van der Waals surface area contributed by atoms with Crippen LogP contribution in [-0.2, 0) is 14.3 Å². The highest BCUT2D eigenvalue weighted by molar-refractivity contribution is 5.98. The van der Waals surface area contributed by atoms with Crippen LogP contribution in [-0.4, -0.2) is 34.9 Å². The van der Waals surface area contributed by atoms with Crippen molar-refractivity contribution in [2.75, 3.05) is 0 Å². The Morgan fingerprint density at radius 3 is 2.94 bits per heavy atom. The van der Waals surface area contributed by atoms with E-state index in [2.05, 4.69) is 5.32 Å². The van der Waals surface area contributed by atoms with Gasteiger partial charge in [-0.25, -0.2) is 0 Å². The molecule has 2 aliphatic rings. The summed E-state index contributed by atoms with van der Waals surface area (Å²) in [4.78, 5) is 25.4. The zero-order chi connectivity index (χ0) is 11.7. The lowest BCUT2D eigenvalue weighted by Gasteiger charge is -2.41. The van der Waals surface area contributed by atoms with Gasteiger partial charge in [-0.1, -0.05) is 13.3 Å². The van der Waals surface area contributed by atoms with Crippen molar-refractivity contribution in [3.8, 4) is 0 Å². The first-order valence-corrected chi connectivity index (χ1v) is 5.60. The summed E-state index contributed by atoms with van der Waals surface area (Å²) in [5.41, 5.74) is 0. The summed E-state index contributed by atoms with van der Waals surface area (Å²) in [6, 6.07) is -0.908. The van der Waals surface area contributed by atoms with Gasteiger partial charge in [0.1, 0.15) is 12.1 Å². The summed E-state index contributed by atoms with van der Waals surface area (Å²) in [5, 5.41) is 2.75. The molecule has 0 aromatic carbocycles. The molecule has 2 amide bonds. The number of nitrogens with zero attached hydrogens (tertiary/aromatic N) is 1. The van der Waals surface area contributed by atoms with Crippen LogP contribution in [0.1, 0.15) is 26.7 Å². The predicted molar refractivity (Wildman–Crippen MR) is 57.2 cm³/mol. The van der Waals surface area contributed by atoms with Gasteiger partial charge in [0.2, 0.25) is 11.8 Å². The minimum Gasteiger partial charge on any atom is -0.494 e. The zero-order valence-corrected chi connectivity index (χ0v) is 9.47. The summed E-state index contributed by atoms with van der Waals surface area (Å²) in [6.45, 7) is 3.78. The average Bonchev–Trinajstić information content (AvgIpc) is 2.25. The molecule has 1 N–H and O–H groups in total. The monoisotopic (exact) mass is 224 g/mol. The van der Waals surface area contributed by atoms with Gasteiger partial charge in [-0.2, -0.15) is 0 Å². The zero-order valence-electron chi connectivity index (χ0n) is 9.47. The van der Waals surface area contributed by atoms with Crippen molar-refractivity contribution in [2.24, 2.45) is 0 Å². The maximum absolute atomic E-state index is 12.0. The number of piperazine rings is 1. The van der Waals surface area contributed by atoms with Gasteiger partial charge in [0.05, 0.1) is 6.26 Å². The highest BCUT2D eigenvalue weighted by Gasteiger charge is 2.43. The van der Waals surface area contributed by atoms with Gasteiger partial charge >= 0.3 is 0 Å². The van der Waals surface area contributed by atoms with Gasteiger partial charge in [0, 0.05) is 6.20 Å². The number of fused-ring (bicyclic) bond motifs is 1. The van der Waals surface area contributed by atoms with Crippen molar-refractivity contribution < 1.29 is 14.3 Å². The number of rotatable bonds is 2. The number of nitrogens with one attached hydrogen (secondary N) is 1. The molecule has 0 spiro atoms. The standard InChI is InChI=1S/C11H16N2O3/c1-3-4-8-11(15)13-5-6-16-7(2)9(13)10(14)12-8/h5-9H,3-4H2,1-2H3,(H,12,14)/t7-,8+,9+/m1/s1. The number of carbonyl (C=O) groups is 2. The average molecular weight is 224 g/mol. The van der Waals surface area contributed by atoms with Gasteiger partial charge in [-0.05, 0) is 13.3 Å². The second kappa shape index (κ2) is 4.15. The van der Waals surface area contributed by atoms with Crippen molar-refractivity contribution in [1.82, 2.24) is 10.2 Å². The molecule has 0 unspecified atom stereocenters. The molecule has 5 heteroatoms. The van der Waals surface area contributed by atoms with Crippen LogP contribution in [0.5, 0.6) is 0 Å². The molecular weight excluding hydrogens is 208 g/mol. The Morgan fingerprint density at radius 1 is 1.50 bits per heavy atom. The molecule has 5 nitrogen and oxygen atoms in total. The molecule has 0 saturated carbocycles. The fraction of sp³-hybridized carbons (Fsp3) is 0.636. The lowest BCUT2D eigenvalue weighted by atomic mass is 10.0. The van der Waals surface area contributed by atoms with E-state index in [1.54, 1.807) is 13.1 Å². The Labute approximate surface area is 94.4 Å². The Bertz CT molecular complexity index is 340. The van der Waals surface area contributed by atoms with Crippen molar-refractivity contribution in [3.05, 3.63) is 12.5 Å². The first-order chi connectivity index (χ1) is 7.65. The lowest BCUT2D eigenvalue weighted by molar-refractivity contribution is -0.152. The molecule has 2 rings (SSSR count). The topological polar surface area (TPSA) is 58.6 Å². The quantitative estimate of drug-likeness (QED) is 0.737. The molecule has 3 atom stereocenters. The minimum absolute atomic E-state index is 0.0437. The first-order valence-electron chi connectivity index (χ1n) is 5.60. The highest BCUT2D eigenvalue weighted by atomic mass is 16.5. The predicted octanol–water partition coefficient (Wildman–Crippen LogP) is 0.372. The third kappa shape index (κ3) is 1.66. The van der Waals surface area contributed by atoms with Crippen molar-refractivity contribution in [3.63, 3.8) is 0 Å². The maximum atomic E-state index is 12.0. The Morgan fingerprint density at radius 2 is 2.25 bits per heavy atom. The van der Waals surface area contributed by atoms with Crippen LogP contribution in [0.25, 0.3) is 0 Å². The first kappa shape index (κ1) is 11.0. The molecule has 0 aliphatic carbocycles. The molecule has 0 radical (unpaired) electrons. The van der Waals surface area contributed by atoms with Crippen LogP contribution in [0.15, 0.2) is 12.5 Å². The Hall–Kier alpha value is -1.52. The molecule has 0 bridgehead atoms. The molecule has 1 saturated heterocycles. The van der Waals surface area contributed by atoms with Gasteiger partial charge < -0.3 is 10.1 Å². The molecule has 16 heavy (non-hydrogen) atoms. The van der Waals surface area contributed by atoms with Crippen molar-refractivity contribution in [2.45, 2.75) is 44.9 Å². The van der Waals surface area contributed by atoms with E-state index >= 15 is 0 Å². The summed E-state index contributed by atoms with van der Waals surface area (Å²) < 4.78 is 5.23. The van der Waals surface area contributed by atoms with E-state index in [4.69, 9.17) is 4.74 Å². The number of amides is 2. The largest absolute Gasteiger partial charge is 0.494 e. The lowest BCUT2D eigenvalue weighted by Crippen LogP contribution is -2.65. The summed E-state index contributed by atoms with van der Waals surface area (Å²) in [5.74, 6) is -0.173. The van der Waals surface area contributed by atoms with Crippen molar-refractivity contribution >= 4 is 11.8 Å². The van der Waals surface area contributed by atoms with Gasteiger partial charge in [-0.15, -0.1) is 0 Å². The van der Waals surface area contributed by atoms with Crippen LogP contribution in [0, 0.1) is 0 Å². The summed E-state index contributed by atoms with van der Waals surface area (Å²) >= 11 is 0. The van der Waals surface area contributed by atoms with Gasteiger partial charge in [0.25, 0.3) is 0 Å². The van der Waals surface area contributed by atoms with Crippen LogP contribution >= 0.6 is 0 Å². The molecule has 1 fully saturated rings. The van der Waals surface area contributed by atoms with Crippen LogP contribution in [0.4, 0.5) is 0 Å². The molecule has 0 aromatic rings. The van der Waals surface area contributed by atoms with E-state index in [9.17, 15) is 9.59 Å². The number of carbonyl (C=O) groups excluding carboxylic acids is 2. The normalized spacial score (nSPS) is 33.1. The Balaban J connectivity index is 2.22. The molecule has 0 aromatic heterocycles. The second-order valence-electron chi connectivity index (χ2n) is 4.17. The van der Waals surface area contributed by atoms with Crippen LogP contribution in [0.3, 0.4) is 0 Å². The van der Waals surface area contributed by atoms with E-state index in [0.717, 1.165) is 6.42 Å².